The third-order valence-corrected chi connectivity index (χ3v) is 3.54. The molecular formula is C13H15ClN4O. The van der Waals surface area contributed by atoms with Crippen molar-refractivity contribution in [2.45, 2.75) is 19.3 Å². The lowest BCUT2D eigenvalue weighted by Gasteiger charge is -2.24. The van der Waals surface area contributed by atoms with E-state index in [1.54, 1.807) is 18.2 Å². The molecule has 0 saturated carbocycles. The highest BCUT2D eigenvalue weighted by atomic mass is 35.5. The van der Waals surface area contributed by atoms with Gasteiger partial charge in [0.15, 0.2) is 0 Å². The second-order valence-electron chi connectivity index (χ2n) is 4.68. The predicted molar refractivity (Wildman–Crippen MR) is 75.2 cm³/mol. The van der Waals surface area contributed by atoms with E-state index in [0.29, 0.717) is 28.1 Å². The number of benzene rings is 1. The fourth-order valence-electron chi connectivity index (χ4n) is 2.26. The molecule has 100 valence electrons. The van der Waals surface area contributed by atoms with E-state index in [0.717, 1.165) is 13.1 Å². The van der Waals surface area contributed by atoms with Crippen LogP contribution >= 0.6 is 11.6 Å². The van der Waals surface area contributed by atoms with Gasteiger partial charge in [-0.15, -0.1) is 0 Å². The number of piperidine rings is 1. The first-order valence-electron chi connectivity index (χ1n) is 6.38. The number of hydrogen-bond acceptors (Lipinski definition) is 5. The number of hydrogen-bond donors (Lipinski definition) is 1. The van der Waals surface area contributed by atoms with Crippen LogP contribution in [0, 0.1) is 0 Å². The van der Waals surface area contributed by atoms with Crippen molar-refractivity contribution in [3.05, 3.63) is 23.2 Å². The van der Waals surface area contributed by atoms with Gasteiger partial charge in [0.2, 0.25) is 0 Å². The molecule has 2 N–H and O–H groups in total. The topological polar surface area (TPSA) is 68.2 Å². The maximum Gasteiger partial charge on any atom is 0.266 e. The van der Waals surface area contributed by atoms with Crippen LogP contribution in [-0.4, -0.2) is 23.2 Å². The third-order valence-electron chi connectivity index (χ3n) is 3.30. The number of rotatable bonds is 2. The summed E-state index contributed by atoms with van der Waals surface area (Å²) in [5.41, 5.74) is 7.17. The highest BCUT2D eigenvalue weighted by molar-refractivity contribution is 6.31. The van der Waals surface area contributed by atoms with E-state index < -0.39 is 0 Å². The molecule has 0 unspecified atom stereocenters. The minimum absolute atomic E-state index is 0.417. The summed E-state index contributed by atoms with van der Waals surface area (Å²) in [5.74, 6) is 1.05. The second-order valence-corrected chi connectivity index (χ2v) is 5.12. The van der Waals surface area contributed by atoms with Crippen molar-refractivity contribution in [1.82, 2.24) is 10.1 Å². The van der Waals surface area contributed by atoms with Crippen LogP contribution in [0.15, 0.2) is 22.7 Å². The molecule has 0 spiro atoms. The smallest absolute Gasteiger partial charge is 0.266 e. The molecule has 0 bridgehead atoms. The number of nitrogens with two attached hydrogens (primary N) is 1. The molecule has 0 amide bonds. The maximum absolute atomic E-state index is 5.97. The highest BCUT2D eigenvalue weighted by Crippen LogP contribution is 2.29. The van der Waals surface area contributed by atoms with Crippen LogP contribution in [-0.2, 0) is 0 Å². The lowest BCUT2D eigenvalue weighted by Crippen LogP contribution is -2.30. The molecule has 0 aliphatic carbocycles. The SMILES string of the molecule is Nc1ccc(Cl)cc1-c1nc(N2CCCCC2)no1. The van der Waals surface area contributed by atoms with E-state index >= 15 is 0 Å². The van der Waals surface area contributed by atoms with Gasteiger partial charge in [-0.3, -0.25) is 0 Å². The summed E-state index contributed by atoms with van der Waals surface area (Å²) >= 11 is 5.97. The van der Waals surface area contributed by atoms with E-state index in [1.165, 1.54) is 19.3 Å². The zero-order valence-corrected chi connectivity index (χ0v) is 11.2. The Hall–Kier alpha value is -1.75. The van der Waals surface area contributed by atoms with Crippen molar-refractivity contribution >= 4 is 23.2 Å². The molecular weight excluding hydrogens is 264 g/mol. The zero-order chi connectivity index (χ0) is 13.2. The summed E-state index contributed by atoms with van der Waals surface area (Å²) in [4.78, 5) is 6.55. The fourth-order valence-corrected chi connectivity index (χ4v) is 2.43. The normalized spacial score (nSPS) is 15.7. The molecule has 1 fully saturated rings. The largest absolute Gasteiger partial charge is 0.398 e. The van der Waals surface area contributed by atoms with E-state index in [9.17, 15) is 0 Å². The Morgan fingerprint density at radius 1 is 1.21 bits per heavy atom. The van der Waals surface area contributed by atoms with Crippen molar-refractivity contribution in [3.63, 3.8) is 0 Å². The quantitative estimate of drug-likeness (QED) is 0.856. The van der Waals surface area contributed by atoms with Crippen LogP contribution < -0.4 is 10.6 Å². The molecule has 1 aliphatic heterocycles. The first-order chi connectivity index (χ1) is 9.24. The number of nitrogen functional groups attached to an aromatic ring is 1. The van der Waals surface area contributed by atoms with Crippen molar-refractivity contribution in [3.8, 4) is 11.5 Å². The molecule has 1 saturated heterocycles. The minimum atomic E-state index is 0.417. The molecule has 0 radical (unpaired) electrons. The van der Waals surface area contributed by atoms with Gasteiger partial charge in [-0.1, -0.05) is 11.6 Å². The molecule has 1 aromatic heterocycles. The van der Waals surface area contributed by atoms with Gasteiger partial charge in [-0.25, -0.2) is 0 Å². The zero-order valence-electron chi connectivity index (χ0n) is 10.5. The minimum Gasteiger partial charge on any atom is -0.398 e. The van der Waals surface area contributed by atoms with Gasteiger partial charge in [-0.05, 0) is 42.6 Å². The summed E-state index contributed by atoms with van der Waals surface area (Å²) in [6, 6.07) is 5.22. The number of aromatic nitrogens is 2. The maximum atomic E-state index is 5.97. The van der Waals surface area contributed by atoms with Gasteiger partial charge >= 0.3 is 0 Å². The highest BCUT2D eigenvalue weighted by Gasteiger charge is 2.18. The van der Waals surface area contributed by atoms with E-state index in [4.69, 9.17) is 21.9 Å². The van der Waals surface area contributed by atoms with Crippen LogP contribution in [0.4, 0.5) is 11.6 Å². The number of anilines is 2. The van der Waals surface area contributed by atoms with Gasteiger partial charge in [0.05, 0.1) is 5.56 Å². The van der Waals surface area contributed by atoms with Crippen LogP contribution in [0.3, 0.4) is 0 Å². The van der Waals surface area contributed by atoms with Gasteiger partial charge in [-0.2, -0.15) is 4.98 Å². The van der Waals surface area contributed by atoms with E-state index in [1.807, 2.05) is 0 Å². The Kier molecular flexibility index (Phi) is 3.29. The van der Waals surface area contributed by atoms with Gasteiger partial charge in [0, 0.05) is 23.8 Å². The number of nitrogens with zero attached hydrogens (tertiary/aromatic N) is 3. The molecule has 6 heteroatoms. The standard InChI is InChI=1S/C13H15ClN4O/c14-9-4-5-11(15)10(8-9)12-16-13(17-19-12)18-6-2-1-3-7-18/h4-5,8H,1-3,6-7,15H2. The lowest BCUT2D eigenvalue weighted by molar-refractivity contribution is 0.426. The average molecular weight is 279 g/mol. The molecule has 2 aromatic rings. The van der Waals surface area contributed by atoms with E-state index in [-0.39, 0.29) is 0 Å². The molecule has 3 rings (SSSR count). The molecule has 0 atom stereocenters. The first-order valence-corrected chi connectivity index (χ1v) is 6.76. The van der Waals surface area contributed by atoms with Crippen molar-refractivity contribution < 1.29 is 4.52 Å². The Morgan fingerprint density at radius 3 is 2.79 bits per heavy atom. The van der Waals surface area contributed by atoms with Crippen LogP contribution in [0.2, 0.25) is 5.02 Å². The van der Waals surface area contributed by atoms with Gasteiger partial charge in [0.1, 0.15) is 0 Å². The molecule has 1 aliphatic rings. The van der Waals surface area contributed by atoms with Crippen LogP contribution in [0.1, 0.15) is 19.3 Å². The second kappa shape index (κ2) is 5.09. The van der Waals surface area contributed by atoms with Crippen LogP contribution in [0.5, 0.6) is 0 Å². The van der Waals surface area contributed by atoms with Gasteiger partial charge in [0.25, 0.3) is 11.8 Å². The molecule has 19 heavy (non-hydrogen) atoms. The van der Waals surface area contributed by atoms with Crippen molar-refractivity contribution in [1.29, 1.82) is 0 Å². The number of halogens is 1. The average Bonchev–Trinajstić information content (AvgIpc) is 2.92. The molecule has 1 aromatic carbocycles. The van der Waals surface area contributed by atoms with Crippen LogP contribution in [0.25, 0.3) is 11.5 Å². The Bertz CT molecular complexity index is 578. The Labute approximate surface area is 116 Å². The Morgan fingerprint density at radius 2 is 2.00 bits per heavy atom. The monoisotopic (exact) mass is 278 g/mol. The fraction of sp³-hybridized carbons (Fsp3) is 0.385. The van der Waals surface area contributed by atoms with E-state index in [2.05, 4.69) is 15.0 Å². The predicted octanol–water partition coefficient (Wildman–Crippen LogP) is 2.96. The summed E-state index contributed by atoms with van der Waals surface area (Å²) in [6.07, 6.45) is 3.61. The summed E-state index contributed by atoms with van der Waals surface area (Å²) in [6.45, 7) is 1.95. The van der Waals surface area contributed by atoms with Crippen molar-refractivity contribution in [2.24, 2.45) is 0 Å². The van der Waals surface area contributed by atoms with Crippen molar-refractivity contribution in [2.75, 3.05) is 23.7 Å². The first kappa shape index (κ1) is 12.3. The summed E-state index contributed by atoms with van der Waals surface area (Å²) in [5, 5.41) is 4.63. The third kappa shape index (κ3) is 2.51. The molecule has 5 nitrogen and oxygen atoms in total. The van der Waals surface area contributed by atoms with Gasteiger partial charge < -0.3 is 15.2 Å². The summed E-state index contributed by atoms with van der Waals surface area (Å²) in [7, 11) is 0. The lowest BCUT2D eigenvalue weighted by atomic mass is 10.1. The Balaban J connectivity index is 1.89. The molecule has 2 heterocycles. The summed E-state index contributed by atoms with van der Waals surface area (Å²) < 4.78 is 5.30.